The van der Waals surface area contributed by atoms with Gasteiger partial charge in [0, 0.05) is 31.1 Å². The van der Waals surface area contributed by atoms with Crippen LogP contribution in [-0.2, 0) is 11.2 Å². The Balaban J connectivity index is 1.86. The van der Waals surface area contributed by atoms with E-state index in [0.717, 1.165) is 54.5 Å². The summed E-state index contributed by atoms with van der Waals surface area (Å²) < 4.78 is 5.42. The number of fused-ring (bicyclic) bond motifs is 1. The first-order valence-corrected chi connectivity index (χ1v) is 9.62. The number of aromatic nitrogens is 2. The fraction of sp³-hybridized carbons (Fsp3) is 0.400. The van der Waals surface area contributed by atoms with E-state index in [4.69, 9.17) is 14.7 Å². The van der Waals surface area contributed by atoms with Gasteiger partial charge >= 0.3 is 0 Å². The zero-order chi connectivity index (χ0) is 17.6. The van der Waals surface area contributed by atoms with E-state index in [-0.39, 0.29) is 0 Å². The zero-order valence-corrected chi connectivity index (χ0v) is 15.9. The van der Waals surface area contributed by atoms with Gasteiger partial charge in [-0.25, -0.2) is 9.97 Å². The summed E-state index contributed by atoms with van der Waals surface area (Å²) in [6.45, 7) is 8.72. The molecule has 0 spiro atoms. The fourth-order valence-corrected chi connectivity index (χ4v) is 3.85. The van der Waals surface area contributed by atoms with Crippen LogP contribution in [0, 0.1) is 13.8 Å². The van der Waals surface area contributed by atoms with Crippen molar-refractivity contribution >= 4 is 27.4 Å². The predicted molar refractivity (Wildman–Crippen MR) is 106 cm³/mol. The minimum atomic E-state index is 0.750. The lowest BCUT2D eigenvalue weighted by Crippen LogP contribution is -2.09. The summed E-state index contributed by atoms with van der Waals surface area (Å²) in [6, 6.07) is 10.4. The molecule has 1 aromatic carbocycles. The molecular formula is C20H25N3OS. The topological polar surface area (TPSA) is 47.0 Å². The maximum atomic E-state index is 5.42. The van der Waals surface area contributed by atoms with E-state index in [1.807, 2.05) is 13.0 Å². The summed E-state index contributed by atoms with van der Waals surface area (Å²) in [6.07, 6.45) is 1.72. The molecule has 0 bridgehead atoms. The molecule has 0 radical (unpaired) electrons. The first-order valence-electron chi connectivity index (χ1n) is 8.81. The van der Waals surface area contributed by atoms with Crippen molar-refractivity contribution in [3.05, 3.63) is 52.2 Å². The Labute approximate surface area is 153 Å². The summed E-state index contributed by atoms with van der Waals surface area (Å²) in [7, 11) is 0. The highest BCUT2D eigenvalue weighted by Gasteiger charge is 2.14. The van der Waals surface area contributed by atoms with Crippen molar-refractivity contribution in [2.45, 2.75) is 33.6 Å². The average molecular weight is 356 g/mol. The van der Waals surface area contributed by atoms with Crippen LogP contribution in [-0.4, -0.2) is 29.7 Å². The lowest BCUT2D eigenvalue weighted by Gasteiger charge is -2.10. The minimum absolute atomic E-state index is 0.750. The Morgan fingerprint density at radius 2 is 1.92 bits per heavy atom. The van der Waals surface area contributed by atoms with Gasteiger partial charge in [-0.2, -0.15) is 0 Å². The molecule has 2 heterocycles. The van der Waals surface area contributed by atoms with Crippen LogP contribution in [0.3, 0.4) is 0 Å². The number of hydrogen-bond acceptors (Lipinski definition) is 5. The molecular weight excluding hydrogens is 330 g/mol. The molecule has 0 saturated carbocycles. The molecule has 2 aromatic heterocycles. The highest BCUT2D eigenvalue weighted by atomic mass is 32.1. The standard InChI is InChI=1S/C20H25N3OS/c1-4-24-12-8-11-21-19-18-14(2)15(3)25-20(18)23-17(22-19)13-16-9-6-5-7-10-16/h5-7,9-10H,4,8,11-13H2,1-3H3,(H,21,22,23). The van der Waals surface area contributed by atoms with E-state index in [2.05, 4.69) is 43.4 Å². The molecule has 132 valence electrons. The summed E-state index contributed by atoms with van der Waals surface area (Å²) in [5.74, 6) is 1.82. The molecule has 0 aliphatic heterocycles. The average Bonchev–Trinajstić information content (AvgIpc) is 2.90. The lowest BCUT2D eigenvalue weighted by atomic mass is 10.1. The molecule has 0 unspecified atom stereocenters. The fourth-order valence-electron chi connectivity index (χ4n) is 2.80. The number of aryl methyl sites for hydroxylation is 2. The molecule has 0 amide bonds. The molecule has 25 heavy (non-hydrogen) atoms. The molecule has 0 aliphatic carbocycles. The second-order valence-corrected chi connectivity index (χ2v) is 7.29. The quantitative estimate of drug-likeness (QED) is 0.593. The Morgan fingerprint density at radius 1 is 1.12 bits per heavy atom. The van der Waals surface area contributed by atoms with E-state index in [9.17, 15) is 0 Å². The van der Waals surface area contributed by atoms with Crippen LogP contribution in [0.2, 0.25) is 0 Å². The monoisotopic (exact) mass is 355 g/mol. The summed E-state index contributed by atoms with van der Waals surface area (Å²) in [4.78, 5) is 12.0. The van der Waals surface area contributed by atoms with E-state index in [0.29, 0.717) is 0 Å². The highest BCUT2D eigenvalue weighted by Crippen LogP contribution is 2.33. The first-order chi connectivity index (χ1) is 12.2. The largest absolute Gasteiger partial charge is 0.382 e. The van der Waals surface area contributed by atoms with Gasteiger partial charge < -0.3 is 10.1 Å². The molecule has 1 N–H and O–H groups in total. The molecule has 4 nitrogen and oxygen atoms in total. The van der Waals surface area contributed by atoms with Gasteiger partial charge in [0.25, 0.3) is 0 Å². The van der Waals surface area contributed by atoms with Gasteiger partial charge in [0.15, 0.2) is 0 Å². The van der Waals surface area contributed by atoms with Gasteiger partial charge in [0.2, 0.25) is 0 Å². The maximum Gasteiger partial charge on any atom is 0.138 e. The summed E-state index contributed by atoms with van der Waals surface area (Å²) >= 11 is 1.75. The van der Waals surface area contributed by atoms with Crippen molar-refractivity contribution in [2.24, 2.45) is 0 Å². The Kier molecular flexibility index (Phi) is 6.00. The zero-order valence-electron chi connectivity index (χ0n) is 15.1. The van der Waals surface area contributed by atoms with Gasteiger partial charge in [-0.05, 0) is 38.3 Å². The molecule has 0 atom stereocenters. The number of ether oxygens (including phenoxy) is 1. The predicted octanol–water partition coefficient (Wildman–Crippen LogP) is 4.74. The third kappa shape index (κ3) is 4.35. The van der Waals surface area contributed by atoms with Gasteiger partial charge in [-0.1, -0.05) is 30.3 Å². The van der Waals surface area contributed by atoms with E-state index in [1.165, 1.54) is 16.0 Å². The van der Waals surface area contributed by atoms with Gasteiger partial charge in [0.1, 0.15) is 16.5 Å². The van der Waals surface area contributed by atoms with Crippen LogP contribution in [0.5, 0.6) is 0 Å². The van der Waals surface area contributed by atoms with Crippen LogP contribution in [0.4, 0.5) is 5.82 Å². The van der Waals surface area contributed by atoms with Crippen LogP contribution in [0.1, 0.15) is 35.2 Å². The first kappa shape index (κ1) is 17.8. The number of rotatable bonds is 8. The number of nitrogens with zero attached hydrogens (tertiary/aromatic N) is 2. The van der Waals surface area contributed by atoms with E-state index < -0.39 is 0 Å². The van der Waals surface area contributed by atoms with Crippen LogP contribution < -0.4 is 5.32 Å². The second kappa shape index (κ2) is 8.41. The van der Waals surface area contributed by atoms with Crippen molar-refractivity contribution in [1.29, 1.82) is 0 Å². The Hall–Kier alpha value is -1.98. The van der Waals surface area contributed by atoms with Crippen LogP contribution >= 0.6 is 11.3 Å². The smallest absolute Gasteiger partial charge is 0.138 e. The van der Waals surface area contributed by atoms with Gasteiger partial charge in [0.05, 0.1) is 5.39 Å². The van der Waals surface area contributed by atoms with Crippen molar-refractivity contribution in [1.82, 2.24) is 9.97 Å². The van der Waals surface area contributed by atoms with Crippen molar-refractivity contribution in [2.75, 3.05) is 25.1 Å². The second-order valence-electron chi connectivity index (χ2n) is 6.09. The number of thiophene rings is 1. The molecule has 5 heteroatoms. The SMILES string of the molecule is CCOCCCNc1nc(Cc2ccccc2)nc2sc(C)c(C)c12. The minimum Gasteiger partial charge on any atom is -0.382 e. The maximum absolute atomic E-state index is 5.42. The molecule has 3 rings (SSSR count). The Bertz CT molecular complexity index is 830. The summed E-state index contributed by atoms with van der Waals surface area (Å²) in [5.41, 5.74) is 2.51. The lowest BCUT2D eigenvalue weighted by molar-refractivity contribution is 0.147. The van der Waals surface area contributed by atoms with Crippen LogP contribution in [0.15, 0.2) is 30.3 Å². The molecule has 3 aromatic rings. The van der Waals surface area contributed by atoms with Crippen LogP contribution in [0.25, 0.3) is 10.2 Å². The molecule has 0 fully saturated rings. The van der Waals surface area contributed by atoms with Gasteiger partial charge in [-0.3, -0.25) is 0 Å². The summed E-state index contributed by atoms with van der Waals surface area (Å²) in [5, 5.41) is 4.67. The highest BCUT2D eigenvalue weighted by molar-refractivity contribution is 7.18. The van der Waals surface area contributed by atoms with E-state index >= 15 is 0 Å². The third-order valence-electron chi connectivity index (χ3n) is 4.24. The normalized spacial score (nSPS) is 11.2. The third-order valence-corrected chi connectivity index (χ3v) is 5.34. The number of hydrogen-bond donors (Lipinski definition) is 1. The van der Waals surface area contributed by atoms with E-state index in [1.54, 1.807) is 11.3 Å². The van der Waals surface area contributed by atoms with Gasteiger partial charge in [-0.15, -0.1) is 11.3 Å². The number of benzene rings is 1. The van der Waals surface area contributed by atoms with Crippen molar-refractivity contribution in [3.8, 4) is 0 Å². The molecule has 0 aliphatic rings. The van der Waals surface area contributed by atoms with Crippen molar-refractivity contribution in [3.63, 3.8) is 0 Å². The Morgan fingerprint density at radius 3 is 2.68 bits per heavy atom. The molecule has 0 saturated heterocycles. The number of nitrogens with one attached hydrogen (secondary N) is 1. The number of anilines is 1. The van der Waals surface area contributed by atoms with Crippen molar-refractivity contribution < 1.29 is 4.74 Å².